The third-order valence-corrected chi connectivity index (χ3v) is 4.03. The summed E-state index contributed by atoms with van der Waals surface area (Å²) in [6.07, 6.45) is 0. The number of nitro groups is 1. The molecule has 0 aliphatic rings. The molecule has 0 saturated heterocycles. The number of anilines is 1. The van der Waals surface area contributed by atoms with Crippen molar-refractivity contribution in [3.8, 4) is 0 Å². The number of nitrogens with zero attached hydrogens (tertiary/aromatic N) is 1. The van der Waals surface area contributed by atoms with Crippen LogP contribution in [-0.2, 0) is 4.79 Å². The van der Waals surface area contributed by atoms with Gasteiger partial charge >= 0.3 is 0 Å². The molecule has 0 aliphatic heterocycles. The second-order valence-electron chi connectivity index (χ2n) is 5.98. The number of nitrogens with one attached hydrogen (secondary N) is 2. The maximum Gasteiger partial charge on any atom is 0.271 e. The van der Waals surface area contributed by atoms with Gasteiger partial charge in [0.05, 0.1) is 4.92 Å². The molecule has 0 saturated carbocycles. The number of benzene rings is 3. The number of carbonyl (C=O) groups is 2. The molecule has 1 unspecified atom stereocenters. The van der Waals surface area contributed by atoms with Gasteiger partial charge in [0.25, 0.3) is 17.5 Å². The average Bonchev–Trinajstić information content (AvgIpc) is 2.73. The first-order valence-electron chi connectivity index (χ1n) is 8.51. The first kappa shape index (κ1) is 18.8. The van der Waals surface area contributed by atoms with Crippen molar-refractivity contribution in [1.29, 1.82) is 0 Å². The molecular formula is C21H17N3O4. The summed E-state index contributed by atoms with van der Waals surface area (Å²) in [6.45, 7) is 0. The Labute approximate surface area is 161 Å². The van der Waals surface area contributed by atoms with Gasteiger partial charge in [0, 0.05) is 23.4 Å². The summed E-state index contributed by atoms with van der Waals surface area (Å²) in [5.74, 6) is -0.903. The van der Waals surface area contributed by atoms with E-state index in [0.717, 1.165) is 0 Å². The lowest BCUT2D eigenvalue weighted by atomic mass is 10.1. The van der Waals surface area contributed by atoms with Crippen LogP contribution in [0.1, 0.15) is 22.0 Å². The van der Waals surface area contributed by atoms with E-state index < -0.39 is 22.8 Å². The van der Waals surface area contributed by atoms with Gasteiger partial charge in [-0.15, -0.1) is 0 Å². The van der Waals surface area contributed by atoms with Crippen molar-refractivity contribution >= 4 is 23.2 Å². The molecule has 3 aromatic carbocycles. The summed E-state index contributed by atoms with van der Waals surface area (Å²) >= 11 is 0. The highest BCUT2D eigenvalue weighted by atomic mass is 16.6. The summed E-state index contributed by atoms with van der Waals surface area (Å²) < 4.78 is 0. The van der Waals surface area contributed by atoms with E-state index in [9.17, 15) is 19.7 Å². The molecular weight excluding hydrogens is 358 g/mol. The van der Waals surface area contributed by atoms with E-state index in [0.29, 0.717) is 11.1 Å². The van der Waals surface area contributed by atoms with Gasteiger partial charge in [-0.1, -0.05) is 54.6 Å². The molecule has 0 fully saturated rings. The van der Waals surface area contributed by atoms with Crippen molar-refractivity contribution in [3.63, 3.8) is 0 Å². The fourth-order valence-corrected chi connectivity index (χ4v) is 2.66. The van der Waals surface area contributed by atoms with E-state index in [1.807, 2.05) is 0 Å². The van der Waals surface area contributed by atoms with Gasteiger partial charge in [-0.3, -0.25) is 19.7 Å². The Kier molecular flexibility index (Phi) is 5.76. The highest BCUT2D eigenvalue weighted by Gasteiger charge is 2.23. The van der Waals surface area contributed by atoms with Crippen LogP contribution in [0, 0.1) is 10.1 Å². The lowest BCUT2D eigenvalue weighted by molar-refractivity contribution is -0.384. The monoisotopic (exact) mass is 375 g/mol. The van der Waals surface area contributed by atoms with Gasteiger partial charge in [0.1, 0.15) is 6.04 Å². The Morgan fingerprint density at radius 1 is 0.857 bits per heavy atom. The first-order valence-corrected chi connectivity index (χ1v) is 8.51. The predicted molar refractivity (Wildman–Crippen MR) is 105 cm³/mol. The van der Waals surface area contributed by atoms with Crippen LogP contribution in [-0.4, -0.2) is 16.7 Å². The third-order valence-electron chi connectivity index (χ3n) is 4.03. The fraction of sp³-hybridized carbons (Fsp3) is 0.0476. The van der Waals surface area contributed by atoms with Crippen LogP contribution in [0.25, 0.3) is 0 Å². The van der Waals surface area contributed by atoms with Crippen molar-refractivity contribution in [2.45, 2.75) is 6.04 Å². The Hall–Kier alpha value is -4.00. The van der Waals surface area contributed by atoms with Gasteiger partial charge in [-0.2, -0.15) is 0 Å². The minimum absolute atomic E-state index is 0.137. The molecule has 2 N–H and O–H groups in total. The van der Waals surface area contributed by atoms with Gasteiger partial charge in [0.15, 0.2) is 0 Å². The maximum atomic E-state index is 12.9. The molecule has 0 bridgehead atoms. The van der Waals surface area contributed by atoms with Crippen molar-refractivity contribution in [3.05, 3.63) is 106 Å². The van der Waals surface area contributed by atoms with Crippen LogP contribution in [0.15, 0.2) is 84.9 Å². The van der Waals surface area contributed by atoms with Gasteiger partial charge < -0.3 is 10.6 Å². The quantitative estimate of drug-likeness (QED) is 0.506. The van der Waals surface area contributed by atoms with Gasteiger partial charge in [-0.25, -0.2) is 0 Å². The normalized spacial score (nSPS) is 11.3. The largest absolute Gasteiger partial charge is 0.336 e. The Morgan fingerprint density at radius 3 is 2.14 bits per heavy atom. The zero-order valence-corrected chi connectivity index (χ0v) is 14.7. The number of carbonyl (C=O) groups excluding carboxylic acids is 2. The van der Waals surface area contributed by atoms with Crippen LogP contribution >= 0.6 is 0 Å². The highest BCUT2D eigenvalue weighted by molar-refractivity contribution is 6.01. The summed E-state index contributed by atoms with van der Waals surface area (Å²) in [4.78, 5) is 35.8. The van der Waals surface area contributed by atoms with Crippen molar-refractivity contribution in [2.24, 2.45) is 0 Å². The molecule has 0 heterocycles. The van der Waals surface area contributed by atoms with Crippen molar-refractivity contribution < 1.29 is 14.5 Å². The van der Waals surface area contributed by atoms with E-state index in [1.165, 1.54) is 18.2 Å². The summed E-state index contributed by atoms with van der Waals surface area (Å²) in [6, 6.07) is 22.0. The molecule has 3 rings (SSSR count). The van der Waals surface area contributed by atoms with Crippen LogP contribution < -0.4 is 10.6 Å². The number of non-ortho nitro benzene ring substituents is 1. The minimum atomic E-state index is -0.965. The Bertz CT molecular complexity index is 991. The van der Waals surface area contributed by atoms with E-state index in [4.69, 9.17) is 0 Å². The molecule has 0 radical (unpaired) electrons. The summed E-state index contributed by atoms with van der Waals surface area (Å²) in [7, 11) is 0. The van der Waals surface area contributed by atoms with Crippen molar-refractivity contribution in [1.82, 2.24) is 5.32 Å². The Balaban J connectivity index is 1.84. The fourth-order valence-electron chi connectivity index (χ4n) is 2.66. The second-order valence-corrected chi connectivity index (χ2v) is 5.98. The lowest BCUT2D eigenvalue weighted by Crippen LogP contribution is -2.37. The van der Waals surface area contributed by atoms with Gasteiger partial charge in [0.2, 0.25) is 0 Å². The molecule has 140 valence electrons. The molecule has 0 spiro atoms. The number of nitro benzene ring substituents is 1. The van der Waals surface area contributed by atoms with E-state index in [2.05, 4.69) is 10.6 Å². The summed E-state index contributed by atoms with van der Waals surface area (Å²) in [5, 5.41) is 16.3. The zero-order valence-electron chi connectivity index (χ0n) is 14.7. The molecule has 0 aliphatic carbocycles. The van der Waals surface area contributed by atoms with E-state index in [-0.39, 0.29) is 11.4 Å². The highest BCUT2D eigenvalue weighted by Crippen LogP contribution is 2.20. The molecule has 0 aromatic heterocycles. The third kappa shape index (κ3) is 4.59. The number of hydrogen-bond acceptors (Lipinski definition) is 4. The standard InChI is InChI=1S/C21H17N3O4/c25-20(16-10-5-2-6-11-16)23-19(15-8-3-1-4-9-15)21(26)22-17-12-7-13-18(14-17)24(27)28/h1-14,19H,(H,22,26)(H,23,25). The first-order chi connectivity index (χ1) is 13.5. The minimum Gasteiger partial charge on any atom is -0.336 e. The maximum absolute atomic E-state index is 12.9. The smallest absolute Gasteiger partial charge is 0.271 e. The van der Waals surface area contributed by atoms with Crippen LogP contribution in [0.2, 0.25) is 0 Å². The molecule has 2 amide bonds. The number of amides is 2. The van der Waals surface area contributed by atoms with Crippen LogP contribution in [0.4, 0.5) is 11.4 Å². The molecule has 7 nitrogen and oxygen atoms in total. The molecule has 3 aromatic rings. The topological polar surface area (TPSA) is 101 Å². The van der Waals surface area contributed by atoms with Crippen LogP contribution in [0.3, 0.4) is 0 Å². The second kappa shape index (κ2) is 8.59. The van der Waals surface area contributed by atoms with E-state index in [1.54, 1.807) is 66.7 Å². The van der Waals surface area contributed by atoms with Gasteiger partial charge in [-0.05, 0) is 23.8 Å². The molecule has 7 heteroatoms. The molecule has 28 heavy (non-hydrogen) atoms. The average molecular weight is 375 g/mol. The summed E-state index contributed by atoms with van der Waals surface area (Å²) in [5.41, 5.74) is 1.15. The van der Waals surface area contributed by atoms with E-state index >= 15 is 0 Å². The predicted octanol–water partition coefficient (Wildman–Crippen LogP) is 3.70. The number of hydrogen-bond donors (Lipinski definition) is 2. The van der Waals surface area contributed by atoms with Crippen LogP contribution in [0.5, 0.6) is 0 Å². The zero-order chi connectivity index (χ0) is 19.9. The Morgan fingerprint density at radius 2 is 1.50 bits per heavy atom. The lowest BCUT2D eigenvalue weighted by Gasteiger charge is -2.19. The van der Waals surface area contributed by atoms with Crippen molar-refractivity contribution in [2.75, 3.05) is 5.32 Å². The molecule has 1 atom stereocenters. The number of rotatable bonds is 6. The SMILES string of the molecule is O=C(NC(C(=O)Nc1cccc([N+](=O)[O-])c1)c1ccccc1)c1ccccc1.